The molecule has 1 unspecified atom stereocenters. The number of amides is 3. The minimum atomic E-state index is -0.699. The number of amidine groups is 1. The number of aliphatic imine (C=N–C) groups is 1. The van der Waals surface area contributed by atoms with Crippen LogP contribution in [0.25, 0.3) is 0 Å². The van der Waals surface area contributed by atoms with E-state index in [0.717, 1.165) is 10.0 Å². The van der Waals surface area contributed by atoms with Crippen molar-refractivity contribution < 1.29 is 14.4 Å². The number of anilines is 2. The lowest BCUT2D eigenvalue weighted by atomic mass is 10.2. The largest absolute Gasteiger partial charge is 0.349 e. The van der Waals surface area contributed by atoms with Gasteiger partial charge in [-0.05, 0) is 43.7 Å². The Bertz CT molecular complexity index is 993. The molecule has 3 N–H and O–H groups in total. The van der Waals surface area contributed by atoms with Crippen LogP contribution in [0.4, 0.5) is 11.4 Å². The highest BCUT2D eigenvalue weighted by Gasteiger charge is 2.30. The number of nitrogens with one attached hydrogen (secondary N) is 3. The zero-order valence-electron chi connectivity index (χ0n) is 16.6. The van der Waals surface area contributed by atoms with Crippen LogP contribution in [0.5, 0.6) is 0 Å². The second kappa shape index (κ2) is 9.53. The molecule has 9 heteroatoms. The Balaban J connectivity index is 1.55. The molecule has 156 valence electrons. The molecule has 0 fully saturated rings. The van der Waals surface area contributed by atoms with E-state index in [2.05, 4.69) is 37.0 Å². The number of carbonyl (C=O) groups is 3. The molecule has 0 radical (unpaired) electrons. The first kappa shape index (κ1) is 21.5. The summed E-state index contributed by atoms with van der Waals surface area (Å²) in [6, 6.07) is 13.9. The van der Waals surface area contributed by atoms with E-state index in [4.69, 9.17) is 0 Å². The van der Waals surface area contributed by atoms with Gasteiger partial charge in [0.15, 0.2) is 0 Å². The molecule has 3 rings (SSSR count). The summed E-state index contributed by atoms with van der Waals surface area (Å²) in [5.41, 5.74) is 5.02. The smallest absolute Gasteiger partial charge is 0.288 e. The fourth-order valence-corrected chi connectivity index (χ4v) is 3.18. The number of halogens is 1. The molecular weight excluding hydrogens is 450 g/mol. The number of hydrazine groups is 1. The van der Waals surface area contributed by atoms with Crippen molar-refractivity contribution in [3.05, 3.63) is 58.6 Å². The lowest BCUT2D eigenvalue weighted by Gasteiger charge is -2.30. The van der Waals surface area contributed by atoms with Crippen molar-refractivity contribution in [2.24, 2.45) is 4.99 Å². The Morgan fingerprint density at radius 2 is 1.93 bits per heavy atom. The van der Waals surface area contributed by atoms with E-state index in [1.807, 2.05) is 31.2 Å². The van der Waals surface area contributed by atoms with Crippen LogP contribution in [0.2, 0.25) is 0 Å². The Labute approximate surface area is 182 Å². The molecule has 2 aromatic carbocycles. The Morgan fingerprint density at radius 1 is 1.20 bits per heavy atom. The molecule has 1 aliphatic heterocycles. The van der Waals surface area contributed by atoms with Gasteiger partial charge in [-0.25, -0.2) is 10.0 Å². The first-order valence-electron chi connectivity index (χ1n) is 9.43. The van der Waals surface area contributed by atoms with Gasteiger partial charge in [-0.15, -0.1) is 0 Å². The van der Waals surface area contributed by atoms with Gasteiger partial charge in [0, 0.05) is 23.1 Å². The number of para-hydroxylation sites is 1. The van der Waals surface area contributed by atoms with Crippen LogP contribution in [-0.4, -0.2) is 36.1 Å². The van der Waals surface area contributed by atoms with Crippen LogP contribution in [-0.2, 0) is 14.4 Å². The number of aryl methyl sites for hydroxylation is 1. The van der Waals surface area contributed by atoms with Crippen LogP contribution >= 0.6 is 15.9 Å². The molecular formula is C21H22BrN5O3. The molecule has 0 bridgehead atoms. The van der Waals surface area contributed by atoms with Gasteiger partial charge in [-0.2, -0.15) is 0 Å². The number of rotatable bonds is 6. The summed E-state index contributed by atoms with van der Waals surface area (Å²) < 4.78 is 0.865. The molecule has 0 saturated carbocycles. The monoisotopic (exact) mass is 471 g/mol. The van der Waals surface area contributed by atoms with Gasteiger partial charge in [0.25, 0.3) is 11.8 Å². The summed E-state index contributed by atoms with van der Waals surface area (Å²) in [7, 11) is 0. The molecule has 30 heavy (non-hydrogen) atoms. The van der Waals surface area contributed by atoms with Crippen molar-refractivity contribution in [2.45, 2.75) is 26.3 Å². The SMILES string of the molecule is Cc1ccc(Br)cc1NC(=O)CCNC(=O)C1=NC(C)C(=O)N(c2ccccc2)N1. The highest BCUT2D eigenvalue weighted by atomic mass is 79.9. The fraction of sp³-hybridized carbons (Fsp3) is 0.238. The third-order valence-corrected chi connectivity index (χ3v) is 4.95. The first-order chi connectivity index (χ1) is 14.3. The van der Waals surface area contributed by atoms with E-state index in [0.29, 0.717) is 11.4 Å². The van der Waals surface area contributed by atoms with E-state index in [9.17, 15) is 14.4 Å². The van der Waals surface area contributed by atoms with Crippen molar-refractivity contribution in [3.63, 3.8) is 0 Å². The maximum absolute atomic E-state index is 12.5. The molecule has 0 aromatic heterocycles. The molecule has 0 spiro atoms. The van der Waals surface area contributed by atoms with Gasteiger partial charge in [0.05, 0.1) is 5.69 Å². The van der Waals surface area contributed by atoms with Crippen LogP contribution in [0, 0.1) is 6.92 Å². The van der Waals surface area contributed by atoms with Gasteiger partial charge in [-0.1, -0.05) is 40.2 Å². The predicted molar refractivity (Wildman–Crippen MR) is 119 cm³/mol. The Morgan fingerprint density at radius 3 is 2.67 bits per heavy atom. The molecule has 0 saturated heterocycles. The zero-order valence-corrected chi connectivity index (χ0v) is 18.2. The second-order valence-corrected chi connectivity index (χ2v) is 7.70. The van der Waals surface area contributed by atoms with Crippen molar-refractivity contribution in [2.75, 3.05) is 16.9 Å². The number of benzene rings is 2. The second-order valence-electron chi connectivity index (χ2n) is 6.79. The van der Waals surface area contributed by atoms with E-state index in [-0.39, 0.29) is 30.6 Å². The summed E-state index contributed by atoms with van der Waals surface area (Å²) in [6.45, 7) is 3.66. The summed E-state index contributed by atoms with van der Waals surface area (Å²) in [5.74, 6) is -0.943. The molecule has 1 heterocycles. The minimum Gasteiger partial charge on any atom is -0.349 e. The molecule has 3 amide bonds. The third-order valence-electron chi connectivity index (χ3n) is 4.46. The van der Waals surface area contributed by atoms with E-state index in [1.54, 1.807) is 31.2 Å². The number of hydrogen-bond donors (Lipinski definition) is 3. The average molecular weight is 472 g/mol. The molecule has 0 aliphatic carbocycles. The summed E-state index contributed by atoms with van der Waals surface area (Å²) in [6.07, 6.45) is 0.0991. The molecule has 1 aliphatic rings. The Kier molecular flexibility index (Phi) is 6.83. The van der Waals surface area contributed by atoms with Crippen molar-refractivity contribution in [1.82, 2.24) is 10.7 Å². The first-order valence-corrected chi connectivity index (χ1v) is 10.2. The maximum Gasteiger partial charge on any atom is 0.288 e. The van der Waals surface area contributed by atoms with Crippen molar-refractivity contribution in [3.8, 4) is 0 Å². The summed E-state index contributed by atoms with van der Waals surface area (Å²) >= 11 is 3.38. The number of hydrogen-bond acceptors (Lipinski definition) is 5. The highest BCUT2D eigenvalue weighted by Crippen LogP contribution is 2.20. The topological polar surface area (TPSA) is 103 Å². The van der Waals surface area contributed by atoms with Gasteiger partial charge < -0.3 is 10.6 Å². The minimum absolute atomic E-state index is 0.0224. The maximum atomic E-state index is 12.5. The van der Waals surface area contributed by atoms with Gasteiger partial charge in [-0.3, -0.25) is 19.8 Å². The van der Waals surface area contributed by atoms with Gasteiger partial charge in [0.1, 0.15) is 6.04 Å². The lowest BCUT2D eigenvalue weighted by molar-refractivity contribution is -0.120. The van der Waals surface area contributed by atoms with Gasteiger partial charge >= 0.3 is 0 Å². The Hall–Kier alpha value is -3.20. The standard InChI is InChI=1S/C21H22BrN5O3/c1-13-8-9-15(22)12-17(13)25-18(28)10-11-23-20(29)19-24-14(2)21(30)27(26-19)16-6-4-3-5-7-16/h3-9,12,14H,10-11H2,1-2H3,(H,23,29)(H,24,26)(H,25,28). The molecule has 1 atom stereocenters. The molecule has 2 aromatic rings. The zero-order chi connectivity index (χ0) is 21.7. The van der Waals surface area contributed by atoms with E-state index in [1.165, 1.54) is 5.01 Å². The fourth-order valence-electron chi connectivity index (χ4n) is 2.82. The highest BCUT2D eigenvalue weighted by molar-refractivity contribution is 9.10. The van der Waals surface area contributed by atoms with Crippen LogP contribution in [0.15, 0.2) is 58.0 Å². The number of nitrogens with zero attached hydrogens (tertiary/aromatic N) is 2. The third kappa shape index (κ3) is 5.24. The summed E-state index contributed by atoms with van der Waals surface area (Å²) in [4.78, 5) is 41.2. The normalized spacial score (nSPS) is 15.8. The predicted octanol–water partition coefficient (Wildman–Crippen LogP) is 2.54. The van der Waals surface area contributed by atoms with Crippen LogP contribution in [0.3, 0.4) is 0 Å². The summed E-state index contributed by atoms with van der Waals surface area (Å²) in [5, 5.41) is 6.79. The van der Waals surface area contributed by atoms with Crippen LogP contribution in [0.1, 0.15) is 18.9 Å². The van der Waals surface area contributed by atoms with E-state index < -0.39 is 11.9 Å². The quantitative estimate of drug-likeness (QED) is 0.602. The number of carbonyl (C=O) groups excluding carboxylic acids is 3. The van der Waals surface area contributed by atoms with Gasteiger partial charge in [0.2, 0.25) is 11.7 Å². The van der Waals surface area contributed by atoms with E-state index >= 15 is 0 Å². The van der Waals surface area contributed by atoms with Crippen molar-refractivity contribution >= 4 is 50.9 Å². The average Bonchev–Trinajstić information content (AvgIpc) is 2.73. The van der Waals surface area contributed by atoms with Crippen molar-refractivity contribution in [1.29, 1.82) is 0 Å². The van der Waals surface area contributed by atoms with Crippen LogP contribution < -0.4 is 21.1 Å². The molecule has 8 nitrogen and oxygen atoms in total. The lowest BCUT2D eigenvalue weighted by Crippen LogP contribution is -2.58.